The number of anilines is 3. The Bertz CT molecular complexity index is 1050. The van der Waals surface area contributed by atoms with Gasteiger partial charge in [-0.2, -0.15) is 9.97 Å². The van der Waals surface area contributed by atoms with Crippen LogP contribution in [0.5, 0.6) is 0 Å². The first kappa shape index (κ1) is 17.9. The van der Waals surface area contributed by atoms with Gasteiger partial charge in [0.1, 0.15) is 16.7 Å². The number of benzene rings is 1. The number of fused-ring (bicyclic) bond motifs is 1. The minimum absolute atomic E-state index is 0.0198. The lowest BCUT2D eigenvalue weighted by Gasteiger charge is -2.17. The molecule has 0 amide bonds. The van der Waals surface area contributed by atoms with Crippen LogP contribution in [-0.2, 0) is 0 Å². The molecule has 27 heavy (non-hydrogen) atoms. The molecule has 1 unspecified atom stereocenters. The van der Waals surface area contributed by atoms with E-state index in [1.807, 2.05) is 0 Å². The van der Waals surface area contributed by atoms with Crippen LogP contribution in [0, 0.1) is 5.82 Å². The van der Waals surface area contributed by atoms with E-state index in [4.69, 9.17) is 34.7 Å². The minimum Gasteiger partial charge on any atom is -0.382 e. The average molecular weight is 424 g/mol. The van der Waals surface area contributed by atoms with Gasteiger partial charge in [-0.1, -0.05) is 35.3 Å². The Hall–Kier alpha value is -2.49. The van der Waals surface area contributed by atoms with Gasteiger partial charge in [-0.3, -0.25) is 0 Å². The second-order valence-corrected chi connectivity index (χ2v) is 7.72. The highest BCUT2D eigenvalue weighted by Gasteiger charge is 2.27. The summed E-state index contributed by atoms with van der Waals surface area (Å²) in [5.41, 5.74) is 13.5. The number of nitrogens with zero attached hydrogens (tertiary/aromatic N) is 4. The van der Waals surface area contributed by atoms with Gasteiger partial charge in [0, 0.05) is 6.42 Å². The molecule has 11 heteroatoms. The van der Waals surface area contributed by atoms with Gasteiger partial charge in [0.2, 0.25) is 5.95 Å². The summed E-state index contributed by atoms with van der Waals surface area (Å²) in [6.07, 6.45) is 0.416. The molecule has 4 rings (SSSR count). The molecular formula is C16H12Cl2FN7S. The molecule has 3 aromatic rings. The summed E-state index contributed by atoms with van der Waals surface area (Å²) in [5, 5.41) is 3.54. The van der Waals surface area contributed by atoms with Gasteiger partial charge in [0.15, 0.2) is 16.1 Å². The van der Waals surface area contributed by atoms with Crippen molar-refractivity contribution in [3.8, 4) is 0 Å². The van der Waals surface area contributed by atoms with Crippen LogP contribution < -0.4 is 16.8 Å². The number of nitrogens with two attached hydrogens (primary N) is 2. The third-order valence-electron chi connectivity index (χ3n) is 3.96. The fraction of sp³-hybridized carbons (Fsp3) is 0.125. The number of aromatic nitrogens is 3. The number of thiazole rings is 1. The highest BCUT2D eigenvalue weighted by molar-refractivity contribution is 7.16. The maximum Gasteiger partial charge on any atom is 0.224 e. The molecule has 7 nitrogen and oxygen atoms in total. The molecule has 0 fully saturated rings. The molecule has 0 bridgehead atoms. The Kier molecular flexibility index (Phi) is 4.58. The predicted octanol–water partition coefficient (Wildman–Crippen LogP) is 4.22. The zero-order valence-corrected chi connectivity index (χ0v) is 15.9. The first-order valence-electron chi connectivity index (χ1n) is 7.75. The van der Waals surface area contributed by atoms with Crippen LogP contribution in [0.25, 0.3) is 0 Å². The van der Waals surface area contributed by atoms with Crippen LogP contribution in [-0.4, -0.2) is 20.7 Å². The van der Waals surface area contributed by atoms with Gasteiger partial charge in [-0.15, -0.1) is 11.3 Å². The second kappa shape index (κ2) is 6.91. The molecule has 0 spiro atoms. The van der Waals surface area contributed by atoms with Crippen molar-refractivity contribution in [1.82, 2.24) is 15.0 Å². The zero-order valence-electron chi connectivity index (χ0n) is 13.6. The van der Waals surface area contributed by atoms with E-state index >= 15 is 0 Å². The van der Waals surface area contributed by atoms with E-state index in [2.05, 4.69) is 25.3 Å². The molecule has 0 aliphatic carbocycles. The second-order valence-electron chi connectivity index (χ2n) is 5.75. The fourth-order valence-corrected chi connectivity index (χ4v) is 4.27. The molecule has 0 radical (unpaired) electrons. The lowest BCUT2D eigenvalue weighted by Crippen LogP contribution is -2.15. The quantitative estimate of drug-likeness (QED) is 0.568. The van der Waals surface area contributed by atoms with Gasteiger partial charge >= 0.3 is 0 Å². The van der Waals surface area contributed by atoms with Crippen molar-refractivity contribution < 1.29 is 4.39 Å². The molecular weight excluding hydrogens is 412 g/mol. The third kappa shape index (κ3) is 3.53. The van der Waals surface area contributed by atoms with Crippen LogP contribution in [0.15, 0.2) is 29.3 Å². The standard InChI is InChI=1S/C16H12Cl2FN7S/c17-12-11(27-15(18)24-12)9-5-8(6-1-3-7(19)4-2-6)22-10-13(20)25-16(21)26-14(10)23-9/h1-4,9H,5H2,(H5,20,21,23,25,26). The number of hydrogen-bond acceptors (Lipinski definition) is 8. The molecule has 3 heterocycles. The molecule has 0 saturated heterocycles. The van der Waals surface area contributed by atoms with Gasteiger partial charge in [0.05, 0.1) is 16.6 Å². The van der Waals surface area contributed by atoms with E-state index in [1.54, 1.807) is 12.1 Å². The normalized spacial score (nSPS) is 16.3. The van der Waals surface area contributed by atoms with Crippen molar-refractivity contribution in [1.29, 1.82) is 0 Å². The van der Waals surface area contributed by atoms with Crippen molar-refractivity contribution in [3.05, 3.63) is 50.1 Å². The summed E-state index contributed by atoms with van der Waals surface area (Å²) >= 11 is 13.5. The first-order valence-corrected chi connectivity index (χ1v) is 9.32. The molecule has 138 valence electrons. The lowest BCUT2D eigenvalue weighted by molar-refractivity contribution is 0.627. The van der Waals surface area contributed by atoms with Crippen LogP contribution in [0.2, 0.25) is 9.62 Å². The summed E-state index contributed by atoms with van der Waals surface area (Å²) in [6.45, 7) is 0. The van der Waals surface area contributed by atoms with Crippen molar-refractivity contribution in [3.63, 3.8) is 0 Å². The first-order chi connectivity index (χ1) is 12.9. The Morgan fingerprint density at radius 2 is 1.85 bits per heavy atom. The Morgan fingerprint density at radius 3 is 2.52 bits per heavy atom. The minimum atomic E-state index is -0.337. The van der Waals surface area contributed by atoms with Gasteiger partial charge in [0.25, 0.3) is 0 Å². The van der Waals surface area contributed by atoms with E-state index in [0.717, 1.165) is 10.4 Å². The molecule has 0 saturated carbocycles. The van der Waals surface area contributed by atoms with Crippen LogP contribution in [0.4, 0.5) is 27.7 Å². The number of rotatable bonds is 2. The largest absolute Gasteiger partial charge is 0.382 e. The van der Waals surface area contributed by atoms with Gasteiger partial charge < -0.3 is 16.8 Å². The van der Waals surface area contributed by atoms with Crippen molar-refractivity contribution in [2.45, 2.75) is 12.5 Å². The van der Waals surface area contributed by atoms with Gasteiger partial charge in [-0.25, -0.2) is 14.4 Å². The summed E-state index contributed by atoms with van der Waals surface area (Å²) in [6, 6.07) is 5.69. The highest BCUT2D eigenvalue weighted by Crippen LogP contribution is 2.41. The van der Waals surface area contributed by atoms with Crippen LogP contribution >= 0.6 is 34.5 Å². The molecule has 1 aliphatic heterocycles. The predicted molar refractivity (Wildman–Crippen MR) is 107 cm³/mol. The van der Waals surface area contributed by atoms with Crippen LogP contribution in [0.3, 0.4) is 0 Å². The average Bonchev–Trinajstić information content (AvgIpc) is 2.83. The Balaban J connectivity index is 1.87. The summed E-state index contributed by atoms with van der Waals surface area (Å²) in [5.74, 6) is 0.198. The monoisotopic (exact) mass is 423 g/mol. The maximum absolute atomic E-state index is 13.3. The number of nitrogen functional groups attached to an aromatic ring is 2. The summed E-state index contributed by atoms with van der Waals surface area (Å²) in [4.78, 5) is 17.6. The maximum atomic E-state index is 13.3. The van der Waals surface area contributed by atoms with Gasteiger partial charge in [-0.05, 0) is 17.7 Å². The van der Waals surface area contributed by atoms with Crippen molar-refractivity contribution in [2.75, 3.05) is 16.8 Å². The van der Waals surface area contributed by atoms with E-state index in [9.17, 15) is 4.39 Å². The topological polar surface area (TPSA) is 115 Å². The summed E-state index contributed by atoms with van der Waals surface area (Å²) < 4.78 is 13.7. The molecule has 2 aromatic heterocycles. The smallest absolute Gasteiger partial charge is 0.224 e. The number of halogens is 3. The molecule has 1 aromatic carbocycles. The Labute approximate surface area is 167 Å². The lowest BCUT2D eigenvalue weighted by atomic mass is 10.0. The summed E-state index contributed by atoms with van der Waals surface area (Å²) in [7, 11) is 0. The fourth-order valence-electron chi connectivity index (χ4n) is 2.78. The van der Waals surface area contributed by atoms with E-state index in [-0.39, 0.29) is 23.6 Å². The van der Waals surface area contributed by atoms with E-state index < -0.39 is 0 Å². The number of hydrogen-bond donors (Lipinski definition) is 3. The highest BCUT2D eigenvalue weighted by atomic mass is 35.5. The Morgan fingerprint density at radius 1 is 1.11 bits per heavy atom. The SMILES string of the molecule is Nc1nc(N)c2c(n1)NC(c1sc(Cl)nc1Cl)CC(c1ccc(F)cc1)=N2. The van der Waals surface area contributed by atoms with Crippen LogP contribution in [0.1, 0.15) is 22.9 Å². The van der Waals surface area contributed by atoms with E-state index in [1.165, 1.54) is 23.5 Å². The third-order valence-corrected chi connectivity index (χ3v) is 5.63. The van der Waals surface area contributed by atoms with Crippen molar-refractivity contribution in [2.24, 2.45) is 4.99 Å². The van der Waals surface area contributed by atoms with E-state index in [0.29, 0.717) is 33.3 Å². The van der Waals surface area contributed by atoms with Crippen molar-refractivity contribution >= 4 is 63.5 Å². The molecule has 5 N–H and O–H groups in total. The number of nitrogens with one attached hydrogen (secondary N) is 1. The zero-order chi connectivity index (χ0) is 19.1. The molecule has 1 atom stereocenters. The number of aliphatic imine (C=N–C) groups is 1. The molecule has 1 aliphatic rings.